The minimum absolute atomic E-state index is 0.00840. The average molecular weight is 1450 g/mol. The van der Waals surface area contributed by atoms with E-state index in [2.05, 4.69) is 395 Å². The van der Waals surface area contributed by atoms with Crippen molar-refractivity contribution in [3.05, 3.63) is 380 Å². The molecular weight excluding hydrogens is 1380 g/mol. The summed E-state index contributed by atoms with van der Waals surface area (Å²) < 4.78 is 8.19. The summed E-state index contributed by atoms with van der Waals surface area (Å²) in [7, 11) is 0. The van der Waals surface area contributed by atoms with Crippen molar-refractivity contribution in [3.8, 4) is 23.5 Å². The summed E-state index contributed by atoms with van der Waals surface area (Å²) in [6.07, 6.45) is 15.1. The van der Waals surface area contributed by atoms with Crippen LogP contribution in [-0.4, -0.2) is 20.1 Å². The Labute approximate surface area is 658 Å². The standard InChI is InChI=1S/C101H71B3N6OS/c1-4-7-36-72(62-61-66-32-26-41-73(63-66)107-84-51-22-19-48-80(84)103-95-77-45-16-24-59-92(77)111-100(95)109(71-39-12-9-13-40-71)90-57-30-55-88(107)98(90)103)110-91-58-31-56-89-99(91)104(96-78-46-17-25-60-93(78)112-101(96)110)81-49-20-23-52-85(81)108(89)75-43-28-35-69(65-75)68-34-27-42-74(64-68)106-82(6-3)94(76-44-15-14-33-67(76)5-2)102-79-47-18-21-50-83(79)105(70-37-10-8-11-38-70)86-53-29-54-87(106)97(86)102/h1,7-60,62-65H,5-6,61H2,2-3H3/b36-7-,72-62+. The quantitative estimate of drug-likeness (QED) is 0.0646. The predicted octanol–water partition coefficient (Wildman–Crippen LogP) is 20.9. The second-order valence-electron chi connectivity index (χ2n) is 29.8. The van der Waals surface area contributed by atoms with Gasteiger partial charge in [-0.25, -0.2) is 0 Å². The van der Waals surface area contributed by atoms with Gasteiger partial charge in [-0.1, -0.05) is 232 Å². The topological polar surface area (TPSA) is 32.6 Å². The summed E-state index contributed by atoms with van der Waals surface area (Å²) in [4.78, 5) is 14.9. The lowest BCUT2D eigenvalue weighted by Gasteiger charge is -2.45. The Morgan fingerprint density at radius 2 is 0.857 bits per heavy atom. The van der Waals surface area contributed by atoms with Crippen LogP contribution in [-0.2, 0) is 12.8 Å². The summed E-state index contributed by atoms with van der Waals surface area (Å²) >= 11 is 1.86. The van der Waals surface area contributed by atoms with Crippen molar-refractivity contribution in [2.75, 3.05) is 29.4 Å². The first-order valence-electron chi connectivity index (χ1n) is 39.0. The molecule has 14 aromatic carbocycles. The molecule has 8 heterocycles. The van der Waals surface area contributed by atoms with Gasteiger partial charge < -0.3 is 28.9 Å². The maximum Gasteiger partial charge on any atom is 0.257 e. The highest BCUT2D eigenvalue weighted by molar-refractivity contribution is 7.26. The largest absolute Gasteiger partial charge is 0.440 e. The van der Waals surface area contributed by atoms with E-state index >= 15 is 0 Å². The minimum Gasteiger partial charge on any atom is -0.440 e. The van der Waals surface area contributed by atoms with Crippen LogP contribution >= 0.6 is 11.3 Å². The first kappa shape index (κ1) is 65.4. The molecule has 7 nitrogen and oxygen atoms in total. The molecule has 0 amide bonds. The molecule has 11 heteroatoms. The van der Waals surface area contributed by atoms with Gasteiger partial charge in [0.25, 0.3) is 20.1 Å². The van der Waals surface area contributed by atoms with E-state index in [4.69, 9.17) is 10.8 Å². The normalized spacial score (nSPS) is 14.1. The molecule has 6 aliphatic heterocycles. The zero-order valence-electron chi connectivity index (χ0n) is 61.9. The molecule has 526 valence electrons. The molecule has 0 atom stereocenters. The summed E-state index contributed by atoms with van der Waals surface area (Å²) in [6.45, 7) is 4.51. The Morgan fingerprint density at radius 3 is 1.50 bits per heavy atom. The molecule has 112 heavy (non-hydrogen) atoms. The number of allylic oxidation sites excluding steroid dienone is 4. The van der Waals surface area contributed by atoms with Crippen LogP contribution in [0, 0.1) is 12.3 Å². The van der Waals surface area contributed by atoms with Gasteiger partial charge in [0.15, 0.2) is 0 Å². The predicted molar refractivity (Wildman–Crippen MR) is 476 cm³/mol. The lowest BCUT2D eigenvalue weighted by atomic mass is 9.32. The second kappa shape index (κ2) is 26.3. The van der Waals surface area contributed by atoms with Crippen LogP contribution in [0.2, 0.25) is 0 Å². The smallest absolute Gasteiger partial charge is 0.257 e. The Bertz CT molecular complexity index is 6710. The minimum atomic E-state index is -0.0686. The summed E-state index contributed by atoms with van der Waals surface area (Å²) in [5.41, 5.74) is 36.7. The second-order valence-corrected chi connectivity index (χ2v) is 30.8. The number of anilines is 16. The van der Waals surface area contributed by atoms with E-state index < -0.39 is 0 Å². The van der Waals surface area contributed by atoms with E-state index in [9.17, 15) is 0 Å². The fraction of sp³-hybridized carbons (Fsp3) is 0.0495. The number of terminal acetylenes is 1. The third-order valence-electron chi connectivity index (χ3n) is 24.0. The number of thiophene rings is 1. The fourth-order valence-electron chi connectivity index (χ4n) is 19.5. The van der Waals surface area contributed by atoms with Crippen LogP contribution in [0.4, 0.5) is 90.5 Å². The van der Waals surface area contributed by atoms with Gasteiger partial charge in [-0.2, -0.15) is 0 Å². The third-order valence-corrected chi connectivity index (χ3v) is 25.1. The Balaban J connectivity index is 0.657. The van der Waals surface area contributed by atoms with Gasteiger partial charge in [0.2, 0.25) is 5.88 Å². The van der Waals surface area contributed by atoms with Crippen molar-refractivity contribution in [1.29, 1.82) is 0 Å². The number of rotatable bonds is 13. The molecule has 0 saturated heterocycles. The number of nitrogens with zero attached hydrogens (tertiary/aromatic N) is 6. The summed E-state index contributed by atoms with van der Waals surface area (Å²) in [5.74, 6) is 3.78. The van der Waals surface area contributed by atoms with Crippen molar-refractivity contribution in [1.82, 2.24) is 0 Å². The molecule has 2 aromatic heterocycles. The van der Waals surface area contributed by atoms with E-state index in [1.54, 1.807) is 0 Å². The van der Waals surface area contributed by atoms with Crippen LogP contribution in [0.25, 0.3) is 37.7 Å². The van der Waals surface area contributed by atoms with Gasteiger partial charge in [0.05, 0.1) is 5.00 Å². The Morgan fingerprint density at radius 1 is 0.393 bits per heavy atom. The van der Waals surface area contributed by atoms with Crippen LogP contribution in [0.1, 0.15) is 37.0 Å². The average Bonchev–Trinajstić information content (AvgIpc) is 1.21. The highest BCUT2D eigenvalue weighted by Crippen LogP contribution is 2.52. The first-order chi connectivity index (χ1) is 55.5. The van der Waals surface area contributed by atoms with Crippen LogP contribution in [0.3, 0.4) is 0 Å². The Kier molecular flexibility index (Phi) is 15.4. The Hall–Kier alpha value is -13.6. The van der Waals surface area contributed by atoms with Crippen molar-refractivity contribution < 1.29 is 4.42 Å². The highest BCUT2D eigenvalue weighted by atomic mass is 32.1. The van der Waals surface area contributed by atoms with E-state index in [0.29, 0.717) is 6.42 Å². The molecule has 16 aromatic rings. The molecule has 0 bridgehead atoms. The van der Waals surface area contributed by atoms with Crippen molar-refractivity contribution in [2.45, 2.75) is 33.1 Å². The van der Waals surface area contributed by atoms with E-state index in [-0.39, 0.29) is 20.1 Å². The van der Waals surface area contributed by atoms with Crippen LogP contribution in [0.15, 0.2) is 368 Å². The van der Waals surface area contributed by atoms with Gasteiger partial charge in [-0.15, -0.1) is 17.8 Å². The number of hydrogen-bond acceptors (Lipinski definition) is 8. The molecule has 0 fully saturated rings. The number of aryl methyl sites for hydroxylation is 1. The highest BCUT2D eigenvalue weighted by Gasteiger charge is 2.49. The SMILES string of the molecule is C#C/C=C\C(=C/Cc1cccc(N2c3ccccc3B3c4c2cccc4N(c2ccccc2)c2oc4ccccc4c23)c1)N1c2cccc3c2B(c2ccccc2N3c2cccc(-c3cccc(N4C(CC)=C(c5ccccc5CC)B5c6ccccc6N(c6ccccc6)c6cccc4c65)c3)c2)c2c1sc1ccccc21. The zero-order chi connectivity index (χ0) is 74.2. The molecule has 0 aliphatic carbocycles. The summed E-state index contributed by atoms with van der Waals surface area (Å²) in [5, 5.41) is 3.58. The molecule has 0 unspecified atom stereocenters. The third kappa shape index (κ3) is 9.91. The lowest BCUT2D eigenvalue weighted by Crippen LogP contribution is -2.61. The zero-order valence-corrected chi connectivity index (χ0v) is 62.7. The van der Waals surface area contributed by atoms with E-state index in [1.807, 2.05) is 17.4 Å². The molecule has 0 N–H and O–H groups in total. The number of furan rings is 1. The van der Waals surface area contributed by atoms with Crippen LogP contribution < -0.4 is 73.1 Å². The van der Waals surface area contributed by atoms with Gasteiger partial charge in [-0.05, 0) is 236 Å². The maximum atomic E-state index is 6.95. The van der Waals surface area contributed by atoms with Gasteiger partial charge in [0, 0.05) is 107 Å². The van der Waals surface area contributed by atoms with Crippen molar-refractivity contribution in [2.24, 2.45) is 0 Å². The van der Waals surface area contributed by atoms with E-state index in [0.717, 1.165) is 109 Å². The van der Waals surface area contributed by atoms with Crippen LogP contribution in [0.5, 0.6) is 0 Å². The fourth-order valence-corrected chi connectivity index (χ4v) is 20.8. The lowest BCUT2D eigenvalue weighted by molar-refractivity contribution is 0.623. The molecule has 6 aliphatic rings. The number of fused-ring (bicyclic) bond motifs is 14. The van der Waals surface area contributed by atoms with E-state index in [1.165, 1.54) is 104 Å². The number of hydrogen-bond donors (Lipinski definition) is 0. The molecule has 0 saturated carbocycles. The molecule has 0 radical (unpaired) electrons. The first-order valence-corrected chi connectivity index (χ1v) is 39.9. The number of para-hydroxylation sites is 6. The van der Waals surface area contributed by atoms with Gasteiger partial charge >= 0.3 is 0 Å². The number of benzene rings is 14. The molecule has 22 rings (SSSR count). The maximum absolute atomic E-state index is 6.95. The van der Waals surface area contributed by atoms with Crippen molar-refractivity contribution in [3.63, 3.8) is 0 Å². The summed E-state index contributed by atoms with van der Waals surface area (Å²) in [6, 6.07) is 124. The van der Waals surface area contributed by atoms with Gasteiger partial charge in [0.1, 0.15) is 5.58 Å². The molecule has 0 spiro atoms. The van der Waals surface area contributed by atoms with Gasteiger partial charge in [-0.3, -0.25) is 4.90 Å². The van der Waals surface area contributed by atoms with Crippen molar-refractivity contribution >= 4 is 192 Å². The monoisotopic (exact) mass is 1450 g/mol. The molecular formula is C101H71B3N6OS.